The predicted octanol–water partition coefficient (Wildman–Crippen LogP) is 12.5. The Kier molecular flexibility index (Phi) is 6.37. The monoisotopic (exact) mass is 678 g/mol. The molecule has 248 valence electrons. The van der Waals surface area contributed by atoms with Crippen molar-refractivity contribution in [2.45, 2.75) is 0 Å². The second-order valence-corrected chi connectivity index (χ2v) is 13.6. The van der Waals surface area contributed by atoms with Gasteiger partial charge in [-0.05, 0) is 65.2 Å². The van der Waals surface area contributed by atoms with Crippen LogP contribution < -0.4 is 5.43 Å². The van der Waals surface area contributed by atoms with Gasteiger partial charge in [-0.1, -0.05) is 127 Å². The summed E-state index contributed by atoms with van der Waals surface area (Å²) in [7, 11) is 0. The lowest BCUT2D eigenvalue weighted by Crippen LogP contribution is -2.06. The van der Waals surface area contributed by atoms with Gasteiger partial charge in [-0.15, -0.1) is 0 Å². The van der Waals surface area contributed by atoms with Gasteiger partial charge in [0.05, 0.1) is 32.8 Å². The molecule has 0 radical (unpaired) electrons. The van der Waals surface area contributed by atoms with Crippen LogP contribution in [0.3, 0.4) is 0 Å². The fraction of sp³-hybridized carbons (Fsp3) is 0. The molecule has 0 aliphatic heterocycles. The summed E-state index contributed by atoms with van der Waals surface area (Å²) in [5, 5.41) is 5.84. The van der Waals surface area contributed by atoms with Crippen LogP contribution in [-0.2, 0) is 0 Å². The van der Waals surface area contributed by atoms with Crippen molar-refractivity contribution in [1.29, 1.82) is 0 Å². The van der Waals surface area contributed by atoms with Gasteiger partial charge in [0, 0.05) is 44.5 Å². The molecule has 4 heteroatoms. The van der Waals surface area contributed by atoms with Crippen LogP contribution in [0.1, 0.15) is 0 Å². The summed E-state index contributed by atoms with van der Waals surface area (Å²) in [5.74, 6) is 0. The number of benzene rings is 8. The van der Waals surface area contributed by atoms with E-state index >= 15 is 0 Å². The minimum Gasteiger partial charge on any atom is -0.456 e. The summed E-state index contributed by atoms with van der Waals surface area (Å²) in [6.07, 6.45) is 0. The first kappa shape index (κ1) is 29.5. The van der Waals surface area contributed by atoms with Gasteiger partial charge in [0.2, 0.25) is 5.43 Å². The highest BCUT2D eigenvalue weighted by atomic mass is 16.3. The van der Waals surface area contributed by atoms with Crippen LogP contribution in [0.4, 0.5) is 0 Å². The Balaban J connectivity index is 1.22. The molecule has 0 N–H and O–H groups in total. The lowest BCUT2D eigenvalue weighted by molar-refractivity contribution is 0.660. The molecule has 0 aliphatic carbocycles. The van der Waals surface area contributed by atoms with E-state index in [9.17, 15) is 4.79 Å². The van der Waals surface area contributed by atoms with E-state index in [4.69, 9.17) is 4.42 Å². The third-order valence-corrected chi connectivity index (χ3v) is 10.7. The van der Waals surface area contributed by atoms with Gasteiger partial charge in [0.1, 0.15) is 11.2 Å². The van der Waals surface area contributed by atoms with Gasteiger partial charge in [-0.25, -0.2) is 0 Å². The number of para-hydroxylation sites is 3. The number of fused-ring (bicyclic) bond motifs is 9. The van der Waals surface area contributed by atoms with E-state index in [1.165, 1.54) is 21.5 Å². The van der Waals surface area contributed by atoms with Crippen molar-refractivity contribution in [2.24, 2.45) is 0 Å². The zero-order chi connectivity index (χ0) is 35.0. The molecular formula is C49H30N2O2. The molecule has 11 aromatic rings. The van der Waals surface area contributed by atoms with Crippen molar-refractivity contribution in [2.75, 3.05) is 0 Å². The number of rotatable bonds is 4. The van der Waals surface area contributed by atoms with Crippen LogP contribution in [0.15, 0.2) is 191 Å². The highest BCUT2D eigenvalue weighted by Gasteiger charge is 2.22. The molecule has 0 atom stereocenters. The normalized spacial score (nSPS) is 11.8. The number of nitrogens with zero attached hydrogens (tertiary/aromatic N) is 2. The van der Waals surface area contributed by atoms with Crippen LogP contribution in [0.25, 0.3) is 99.2 Å². The summed E-state index contributed by atoms with van der Waals surface area (Å²) in [5.41, 5.74) is 11.5. The highest BCUT2D eigenvalue weighted by Crippen LogP contribution is 2.43. The van der Waals surface area contributed by atoms with Crippen LogP contribution in [-0.4, -0.2) is 9.13 Å². The Hall–Kier alpha value is -7.17. The minimum atomic E-state index is -0.0417. The average Bonchev–Trinajstić information content (AvgIpc) is 3.74. The van der Waals surface area contributed by atoms with E-state index in [1.54, 1.807) is 0 Å². The Bertz CT molecular complexity index is 3280. The van der Waals surface area contributed by atoms with E-state index in [0.29, 0.717) is 21.9 Å². The van der Waals surface area contributed by atoms with Crippen molar-refractivity contribution >= 4 is 65.6 Å². The fourth-order valence-corrected chi connectivity index (χ4v) is 8.46. The predicted molar refractivity (Wildman–Crippen MR) is 220 cm³/mol. The fourth-order valence-electron chi connectivity index (χ4n) is 8.46. The molecule has 0 unspecified atom stereocenters. The smallest absolute Gasteiger partial charge is 0.201 e. The topological polar surface area (TPSA) is 40.1 Å². The molecule has 0 saturated heterocycles. The second-order valence-electron chi connectivity index (χ2n) is 13.6. The Labute approximate surface area is 304 Å². The van der Waals surface area contributed by atoms with Gasteiger partial charge in [-0.3, -0.25) is 4.79 Å². The van der Waals surface area contributed by atoms with E-state index in [1.807, 2.05) is 54.6 Å². The molecule has 3 heterocycles. The summed E-state index contributed by atoms with van der Waals surface area (Å²) < 4.78 is 11.4. The molecule has 0 fully saturated rings. The quantitative estimate of drug-likeness (QED) is 0.174. The number of hydrogen-bond donors (Lipinski definition) is 0. The van der Waals surface area contributed by atoms with E-state index in [-0.39, 0.29) is 5.43 Å². The maximum Gasteiger partial charge on any atom is 0.201 e. The van der Waals surface area contributed by atoms with Crippen LogP contribution in [0, 0.1) is 0 Å². The van der Waals surface area contributed by atoms with Gasteiger partial charge in [-0.2, -0.15) is 0 Å². The molecular weight excluding hydrogens is 649 g/mol. The molecule has 0 bridgehead atoms. The highest BCUT2D eigenvalue weighted by molar-refractivity contribution is 6.26. The molecule has 0 saturated carbocycles. The van der Waals surface area contributed by atoms with Crippen molar-refractivity contribution in [1.82, 2.24) is 9.13 Å². The van der Waals surface area contributed by atoms with Gasteiger partial charge in [0.15, 0.2) is 0 Å². The summed E-state index contributed by atoms with van der Waals surface area (Å²) in [6.45, 7) is 0. The van der Waals surface area contributed by atoms with Crippen molar-refractivity contribution < 1.29 is 4.42 Å². The van der Waals surface area contributed by atoms with E-state index < -0.39 is 0 Å². The number of aromatic nitrogens is 2. The summed E-state index contributed by atoms with van der Waals surface area (Å²) >= 11 is 0. The average molecular weight is 679 g/mol. The molecule has 4 nitrogen and oxygen atoms in total. The zero-order valence-corrected chi connectivity index (χ0v) is 28.5. The van der Waals surface area contributed by atoms with Crippen LogP contribution >= 0.6 is 0 Å². The first-order valence-corrected chi connectivity index (χ1v) is 17.9. The van der Waals surface area contributed by atoms with Crippen molar-refractivity contribution in [3.05, 3.63) is 192 Å². The van der Waals surface area contributed by atoms with Crippen LogP contribution in [0.5, 0.6) is 0 Å². The van der Waals surface area contributed by atoms with E-state index in [2.05, 4.69) is 137 Å². The molecule has 3 aromatic heterocycles. The Morgan fingerprint density at radius 1 is 0.396 bits per heavy atom. The molecule has 11 rings (SSSR count). The van der Waals surface area contributed by atoms with Crippen molar-refractivity contribution in [3.8, 4) is 33.6 Å². The van der Waals surface area contributed by atoms with Gasteiger partial charge in [0.25, 0.3) is 0 Å². The standard InChI is InChI=1S/C49H30N2O2/c52-49-39-25-24-34(30-44(39)53-43-29-27-35(31-14-4-1-5-15-31)45(47(43)49)32-16-6-2-7-17-32)51-40-22-12-10-20-36(40)37-26-28-42-46(48(37)51)38-21-11-13-23-41(38)50(42)33-18-8-3-9-19-33/h1-30H. The number of hydrogen-bond acceptors (Lipinski definition) is 2. The molecule has 53 heavy (non-hydrogen) atoms. The minimum absolute atomic E-state index is 0.0417. The zero-order valence-electron chi connectivity index (χ0n) is 28.5. The maximum absolute atomic E-state index is 14.7. The lowest BCUT2D eigenvalue weighted by atomic mass is 9.91. The van der Waals surface area contributed by atoms with E-state index in [0.717, 1.165) is 55.7 Å². The third-order valence-electron chi connectivity index (χ3n) is 10.7. The van der Waals surface area contributed by atoms with Gasteiger partial charge >= 0.3 is 0 Å². The first-order chi connectivity index (χ1) is 26.2. The summed E-state index contributed by atoms with van der Waals surface area (Å²) in [4.78, 5) is 14.7. The second kappa shape index (κ2) is 11.4. The molecule has 0 amide bonds. The largest absolute Gasteiger partial charge is 0.456 e. The first-order valence-electron chi connectivity index (χ1n) is 17.9. The molecule has 0 spiro atoms. The lowest BCUT2D eigenvalue weighted by Gasteiger charge is -2.15. The summed E-state index contributed by atoms with van der Waals surface area (Å²) in [6, 6.07) is 62.7. The maximum atomic E-state index is 14.7. The third kappa shape index (κ3) is 4.33. The Morgan fingerprint density at radius 3 is 1.77 bits per heavy atom. The SMILES string of the molecule is O=c1c2ccc(-n3c4ccccc4c4ccc5c(c6ccccc6n5-c5ccccc5)c43)cc2oc2ccc(-c3ccccc3)c(-c3ccccc3)c12. The van der Waals surface area contributed by atoms with Crippen molar-refractivity contribution in [3.63, 3.8) is 0 Å². The molecule has 0 aliphatic rings. The van der Waals surface area contributed by atoms with Crippen LogP contribution in [0.2, 0.25) is 0 Å². The Morgan fingerprint density at radius 2 is 1.02 bits per heavy atom. The molecule has 8 aromatic carbocycles. The van der Waals surface area contributed by atoms with Gasteiger partial charge < -0.3 is 13.6 Å².